The van der Waals surface area contributed by atoms with E-state index < -0.39 is 0 Å². The van der Waals surface area contributed by atoms with E-state index in [2.05, 4.69) is 15.6 Å². The number of rotatable bonds is 8. The normalized spacial score (nSPS) is 9.73. The molecule has 2 N–H and O–H groups in total. The van der Waals surface area contributed by atoms with Gasteiger partial charge in [-0.3, -0.25) is 9.59 Å². The van der Waals surface area contributed by atoms with Gasteiger partial charge in [-0.15, -0.1) is 0 Å². The third-order valence-corrected chi connectivity index (χ3v) is 1.80. The van der Waals surface area contributed by atoms with Crippen molar-refractivity contribution in [1.29, 1.82) is 0 Å². The minimum absolute atomic E-state index is 0.0199. The number of carbonyl (C=O) groups is 2. The van der Waals surface area contributed by atoms with Gasteiger partial charge in [0, 0.05) is 26.9 Å². The van der Waals surface area contributed by atoms with Crippen LogP contribution in [-0.2, 0) is 14.4 Å². The predicted octanol–water partition coefficient (Wildman–Crippen LogP) is 0.751. The van der Waals surface area contributed by atoms with Crippen LogP contribution in [0, 0.1) is 0 Å². The van der Waals surface area contributed by atoms with Crippen molar-refractivity contribution in [3.8, 4) is 0 Å². The summed E-state index contributed by atoms with van der Waals surface area (Å²) < 4.78 is 0. The van der Waals surface area contributed by atoms with Crippen LogP contribution in [0.15, 0.2) is 0 Å². The minimum Gasteiger partial charge on any atom is -0.371 e. The summed E-state index contributed by atoms with van der Waals surface area (Å²) in [6.45, 7) is 4.30. The highest BCUT2D eigenvalue weighted by molar-refractivity contribution is 5.72. The maximum Gasteiger partial charge on any atom is 0.321 e. The van der Waals surface area contributed by atoms with Gasteiger partial charge >= 0.3 is 5.97 Å². The first-order chi connectivity index (χ1) is 7.13. The Bertz CT molecular complexity index is 175. The highest BCUT2D eigenvalue weighted by Crippen LogP contribution is 1.97. The summed E-state index contributed by atoms with van der Waals surface area (Å²) in [5.74, 6) is -0.299. The SMILES string of the molecule is CC(=O)NCCCCCCNOC(C)=O. The number of nitrogens with one attached hydrogen (secondary N) is 2. The topological polar surface area (TPSA) is 67.4 Å². The molecule has 0 bridgehead atoms. The molecule has 0 aromatic heterocycles. The minimum atomic E-state index is -0.319. The van der Waals surface area contributed by atoms with Crippen molar-refractivity contribution in [2.75, 3.05) is 13.1 Å². The van der Waals surface area contributed by atoms with Gasteiger partial charge in [-0.05, 0) is 12.8 Å². The second-order valence-corrected chi connectivity index (χ2v) is 3.39. The zero-order valence-corrected chi connectivity index (χ0v) is 9.47. The first kappa shape index (κ1) is 13.9. The molecule has 0 radical (unpaired) electrons. The van der Waals surface area contributed by atoms with Crippen molar-refractivity contribution in [1.82, 2.24) is 10.8 Å². The first-order valence-electron chi connectivity index (χ1n) is 5.27. The Hall–Kier alpha value is -1.10. The lowest BCUT2D eigenvalue weighted by Gasteiger charge is -2.04. The fourth-order valence-electron chi connectivity index (χ4n) is 1.09. The number of amides is 1. The summed E-state index contributed by atoms with van der Waals surface area (Å²) in [4.78, 5) is 25.4. The summed E-state index contributed by atoms with van der Waals surface area (Å²) in [7, 11) is 0. The molecule has 0 spiro atoms. The van der Waals surface area contributed by atoms with E-state index in [0.29, 0.717) is 6.54 Å². The Morgan fingerprint density at radius 2 is 1.60 bits per heavy atom. The molecule has 0 unspecified atom stereocenters. The van der Waals surface area contributed by atoms with Gasteiger partial charge < -0.3 is 10.2 Å². The summed E-state index contributed by atoms with van der Waals surface area (Å²) >= 11 is 0. The Morgan fingerprint density at radius 1 is 1.00 bits per heavy atom. The zero-order valence-electron chi connectivity index (χ0n) is 9.47. The summed E-state index contributed by atoms with van der Waals surface area (Å²) in [5, 5.41) is 2.74. The third kappa shape index (κ3) is 12.9. The van der Waals surface area contributed by atoms with Gasteiger partial charge in [0.2, 0.25) is 5.91 Å². The number of carbonyl (C=O) groups excluding carboxylic acids is 2. The van der Waals surface area contributed by atoms with Gasteiger partial charge in [0.05, 0.1) is 0 Å². The van der Waals surface area contributed by atoms with Crippen molar-refractivity contribution < 1.29 is 14.4 Å². The Morgan fingerprint density at radius 3 is 2.13 bits per heavy atom. The molecule has 0 fully saturated rings. The molecule has 0 aliphatic carbocycles. The van der Waals surface area contributed by atoms with Gasteiger partial charge in [0.25, 0.3) is 0 Å². The van der Waals surface area contributed by atoms with Crippen molar-refractivity contribution in [3.63, 3.8) is 0 Å². The molecule has 0 saturated heterocycles. The number of hydrogen-bond acceptors (Lipinski definition) is 4. The molecule has 0 aliphatic rings. The first-order valence-corrected chi connectivity index (χ1v) is 5.27. The lowest BCUT2D eigenvalue weighted by molar-refractivity contribution is -0.148. The van der Waals surface area contributed by atoms with Crippen LogP contribution >= 0.6 is 0 Å². The molecular formula is C10H20N2O3. The number of unbranched alkanes of at least 4 members (excludes halogenated alkanes) is 3. The van der Waals surface area contributed by atoms with Crippen LogP contribution in [0.4, 0.5) is 0 Å². The second kappa shape index (κ2) is 9.45. The van der Waals surface area contributed by atoms with Gasteiger partial charge in [0.1, 0.15) is 0 Å². The van der Waals surface area contributed by atoms with Gasteiger partial charge in [0.15, 0.2) is 0 Å². The van der Waals surface area contributed by atoms with E-state index >= 15 is 0 Å². The van der Waals surface area contributed by atoms with Crippen LogP contribution in [-0.4, -0.2) is 25.0 Å². The van der Waals surface area contributed by atoms with E-state index in [1.807, 2.05) is 0 Å². The molecule has 0 aromatic rings. The largest absolute Gasteiger partial charge is 0.371 e. The lowest BCUT2D eigenvalue weighted by Crippen LogP contribution is -2.21. The Balaban J connectivity index is 2.99. The molecule has 15 heavy (non-hydrogen) atoms. The van der Waals surface area contributed by atoms with E-state index in [1.165, 1.54) is 13.8 Å². The molecule has 0 aromatic carbocycles. The quantitative estimate of drug-likeness (QED) is 0.464. The summed E-state index contributed by atoms with van der Waals surface area (Å²) in [6, 6.07) is 0. The monoisotopic (exact) mass is 216 g/mol. The number of hydroxylamine groups is 1. The van der Waals surface area contributed by atoms with Crippen molar-refractivity contribution in [3.05, 3.63) is 0 Å². The van der Waals surface area contributed by atoms with E-state index in [4.69, 9.17) is 0 Å². The molecule has 5 nitrogen and oxygen atoms in total. The van der Waals surface area contributed by atoms with E-state index in [-0.39, 0.29) is 11.9 Å². The van der Waals surface area contributed by atoms with Crippen LogP contribution in [0.5, 0.6) is 0 Å². The molecule has 0 saturated carbocycles. The summed E-state index contributed by atoms with van der Waals surface area (Å²) in [5.41, 5.74) is 2.57. The molecule has 0 atom stereocenters. The Labute approximate surface area is 90.5 Å². The van der Waals surface area contributed by atoms with E-state index in [9.17, 15) is 9.59 Å². The van der Waals surface area contributed by atoms with Gasteiger partial charge in [-0.25, -0.2) is 0 Å². The van der Waals surface area contributed by atoms with Gasteiger partial charge in [-0.1, -0.05) is 12.8 Å². The van der Waals surface area contributed by atoms with Crippen LogP contribution in [0.2, 0.25) is 0 Å². The average molecular weight is 216 g/mol. The molecule has 88 valence electrons. The van der Waals surface area contributed by atoms with Crippen LogP contribution in [0.3, 0.4) is 0 Å². The fraction of sp³-hybridized carbons (Fsp3) is 0.800. The van der Waals surface area contributed by atoms with E-state index in [0.717, 1.165) is 32.2 Å². The highest BCUT2D eigenvalue weighted by Gasteiger charge is 1.93. The third-order valence-electron chi connectivity index (χ3n) is 1.80. The highest BCUT2D eigenvalue weighted by atomic mass is 16.7. The van der Waals surface area contributed by atoms with Crippen molar-refractivity contribution >= 4 is 11.9 Å². The average Bonchev–Trinajstić information content (AvgIpc) is 2.14. The van der Waals surface area contributed by atoms with Gasteiger partial charge in [-0.2, -0.15) is 5.48 Å². The van der Waals surface area contributed by atoms with Crippen LogP contribution in [0.1, 0.15) is 39.5 Å². The van der Waals surface area contributed by atoms with E-state index in [1.54, 1.807) is 0 Å². The molecule has 0 heterocycles. The molecule has 5 heteroatoms. The van der Waals surface area contributed by atoms with Crippen LogP contribution < -0.4 is 10.8 Å². The Kier molecular flexibility index (Phi) is 8.76. The standard InChI is InChI=1S/C10H20N2O3/c1-9(13)11-7-5-3-4-6-8-12-15-10(2)14/h12H,3-8H2,1-2H3,(H,11,13). The molecular weight excluding hydrogens is 196 g/mol. The molecule has 0 aliphatic heterocycles. The van der Waals surface area contributed by atoms with Crippen molar-refractivity contribution in [2.45, 2.75) is 39.5 Å². The smallest absolute Gasteiger partial charge is 0.321 e. The van der Waals surface area contributed by atoms with Crippen LogP contribution in [0.25, 0.3) is 0 Å². The zero-order chi connectivity index (χ0) is 11.5. The fourth-order valence-corrected chi connectivity index (χ4v) is 1.09. The summed E-state index contributed by atoms with van der Waals surface area (Å²) in [6.07, 6.45) is 4.09. The maximum absolute atomic E-state index is 10.5. The second-order valence-electron chi connectivity index (χ2n) is 3.39. The molecule has 1 amide bonds. The number of hydrogen-bond donors (Lipinski definition) is 2. The molecule has 0 rings (SSSR count). The maximum atomic E-state index is 10.5. The lowest BCUT2D eigenvalue weighted by atomic mass is 10.2. The predicted molar refractivity (Wildman–Crippen MR) is 56.9 cm³/mol. The van der Waals surface area contributed by atoms with Crippen molar-refractivity contribution in [2.24, 2.45) is 0 Å².